The van der Waals surface area contributed by atoms with Crippen LogP contribution in [0.25, 0.3) is 0 Å². The molecule has 0 aliphatic carbocycles. The first-order chi connectivity index (χ1) is 6.06. The molecule has 1 saturated heterocycles. The van der Waals surface area contributed by atoms with Gasteiger partial charge in [0.05, 0.1) is 6.04 Å². The standard InChI is InChI=1S/C9H18N2S2/c1-4-5-10-8(12)11-7-6-13-9(7,2)3/h7H,4-6H2,1-3H3,(H2,10,11,12). The highest BCUT2D eigenvalue weighted by Crippen LogP contribution is 2.39. The molecule has 0 radical (unpaired) electrons. The number of hydrogen-bond acceptors (Lipinski definition) is 2. The molecular weight excluding hydrogens is 200 g/mol. The summed E-state index contributed by atoms with van der Waals surface area (Å²) in [5, 5.41) is 7.33. The summed E-state index contributed by atoms with van der Waals surface area (Å²) in [6, 6.07) is 0.536. The Morgan fingerprint density at radius 2 is 2.31 bits per heavy atom. The molecule has 2 N–H and O–H groups in total. The fourth-order valence-corrected chi connectivity index (χ4v) is 2.55. The average Bonchev–Trinajstić information content (AvgIpc) is 2.09. The van der Waals surface area contributed by atoms with E-state index in [0.717, 1.165) is 18.1 Å². The van der Waals surface area contributed by atoms with E-state index < -0.39 is 0 Å². The minimum Gasteiger partial charge on any atom is -0.363 e. The third kappa shape index (κ3) is 3.02. The molecule has 0 saturated carbocycles. The van der Waals surface area contributed by atoms with E-state index in [1.54, 1.807) is 0 Å². The third-order valence-electron chi connectivity index (χ3n) is 2.30. The van der Waals surface area contributed by atoms with Crippen LogP contribution in [0, 0.1) is 0 Å². The first-order valence-corrected chi connectivity index (χ1v) is 6.14. The summed E-state index contributed by atoms with van der Waals surface area (Å²) in [6.45, 7) is 7.60. The molecule has 13 heavy (non-hydrogen) atoms. The van der Waals surface area contributed by atoms with E-state index in [1.165, 1.54) is 5.75 Å². The monoisotopic (exact) mass is 218 g/mol. The minimum absolute atomic E-state index is 0.345. The topological polar surface area (TPSA) is 24.1 Å². The fourth-order valence-electron chi connectivity index (χ4n) is 1.16. The highest BCUT2D eigenvalue weighted by atomic mass is 32.2. The van der Waals surface area contributed by atoms with Gasteiger partial charge in [-0.3, -0.25) is 0 Å². The zero-order chi connectivity index (χ0) is 9.90. The van der Waals surface area contributed by atoms with Gasteiger partial charge in [-0.15, -0.1) is 0 Å². The van der Waals surface area contributed by atoms with Gasteiger partial charge in [0, 0.05) is 17.0 Å². The molecular formula is C9H18N2S2. The zero-order valence-electron chi connectivity index (χ0n) is 8.52. The van der Waals surface area contributed by atoms with Crippen LogP contribution in [0.3, 0.4) is 0 Å². The van der Waals surface area contributed by atoms with Gasteiger partial charge in [-0.1, -0.05) is 6.92 Å². The van der Waals surface area contributed by atoms with Gasteiger partial charge in [0.1, 0.15) is 0 Å². The molecule has 2 nitrogen and oxygen atoms in total. The van der Waals surface area contributed by atoms with Gasteiger partial charge < -0.3 is 10.6 Å². The van der Waals surface area contributed by atoms with E-state index in [2.05, 4.69) is 31.4 Å². The van der Waals surface area contributed by atoms with Crippen LogP contribution in [0.2, 0.25) is 0 Å². The summed E-state index contributed by atoms with van der Waals surface area (Å²) >= 11 is 7.15. The Labute approximate surface area is 90.2 Å². The third-order valence-corrected chi connectivity index (χ3v) is 4.09. The van der Waals surface area contributed by atoms with Gasteiger partial charge in [0.15, 0.2) is 5.11 Å². The Hall–Kier alpha value is 0.0400. The van der Waals surface area contributed by atoms with E-state index in [1.807, 2.05) is 11.8 Å². The van der Waals surface area contributed by atoms with Crippen molar-refractivity contribution in [2.24, 2.45) is 0 Å². The highest BCUT2D eigenvalue weighted by Gasteiger charge is 2.39. The van der Waals surface area contributed by atoms with Crippen molar-refractivity contribution < 1.29 is 0 Å². The van der Waals surface area contributed by atoms with E-state index in [0.29, 0.717) is 10.8 Å². The van der Waals surface area contributed by atoms with Crippen molar-refractivity contribution in [3.8, 4) is 0 Å². The van der Waals surface area contributed by atoms with Crippen molar-refractivity contribution in [3.63, 3.8) is 0 Å². The molecule has 1 heterocycles. The van der Waals surface area contributed by atoms with Crippen LogP contribution >= 0.6 is 24.0 Å². The van der Waals surface area contributed by atoms with Crippen LogP contribution in [-0.4, -0.2) is 28.2 Å². The quantitative estimate of drug-likeness (QED) is 0.705. The fraction of sp³-hybridized carbons (Fsp3) is 0.889. The Balaban J connectivity index is 2.21. The largest absolute Gasteiger partial charge is 0.363 e. The predicted molar refractivity (Wildman–Crippen MR) is 64.4 cm³/mol. The van der Waals surface area contributed by atoms with Crippen molar-refractivity contribution in [2.75, 3.05) is 12.3 Å². The van der Waals surface area contributed by atoms with Gasteiger partial charge in [-0.25, -0.2) is 0 Å². The van der Waals surface area contributed by atoms with Gasteiger partial charge in [0.25, 0.3) is 0 Å². The zero-order valence-corrected chi connectivity index (χ0v) is 10.1. The van der Waals surface area contributed by atoms with Gasteiger partial charge in [0.2, 0.25) is 0 Å². The molecule has 1 aliphatic rings. The summed E-state index contributed by atoms with van der Waals surface area (Å²) < 4.78 is 0.345. The van der Waals surface area contributed by atoms with Gasteiger partial charge in [-0.05, 0) is 32.5 Å². The summed E-state index contributed by atoms with van der Waals surface area (Å²) in [4.78, 5) is 0. The normalized spacial score (nSPS) is 24.7. The summed E-state index contributed by atoms with van der Waals surface area (Å²) in [6.07, 6.45) is 1.12. The van der Waals surface area contributed by atoms with E-state index in [-0.39, 0.29) is 0 Å². The molecule has 0 amide bonds. The second-order valence-electron chi connectivity index (χ2n) is 3.87. The molecule has 76 valence electrons. The van der Waals surface area contributed by atoms with Gasteiger partial charge in [-0.2, -0.15) is 11.8 Å². The Kier molecular flexibility index (Phi) is 3.86. The maximum absolute atomic E-state index is 5.17. The molecule has 0 spiro atoms. The first kappa shape index (κ1) is 11.1. The molecule has 1 rings (SSSR count). The molecule has 4 heteroatoms. The van der Waals surface area contributed by atoms with E-state index in [4.69, 9.17) is 12.2 Å². The molecule has 1 fully saturated rings. The molecule has 1 atom stereocenters. The highest BCUT2D eigenvalue weighted by molar-refractivity contribution is 8.02. The predicted octanol–water partition coefficient (Wildman–Crippen LogP) is 1.75. The Bertz CT molecular complexity index is 192. The average molecular weight is 218 g/mol. The SMILES string of the molecule is CCCNC(=S)NC1CSC1(C)C. The van der Waals surface area contributed by atoms with E-state index in [9.17, 15) is 0 Å². The van der Waals surface area contributed by atoms with Crippen LogP contribution in [0.5, 0.6) is 0 Å². The minimum atomic E-state index is 0.345. The number of rotatable bonds is 3. The van der Waals surface area contributed by atoms with E-state index >= 15 is 0 Å². The second kappa shape index (κ2) is 4.51. The molecule has 1 unspecified atom stereocenters. The molecule has 0 aromatic heterocycles. The number of nitrogens with one attached hydrogen (secondary N) is 2. The molecule has 0 bridgehead atoms. The van der Waals surface area contributed by atoms with Crippen LogP contribution in [-0.2, 0) is 0 Å². The second-order valence-corrected chi connectivity index (χ2v) is 5.95. The Morgan fingerprint density at radius 1 is 1.62 bits per heavy atom. The number of hydrogen-bond donors (Lipinski definition) is 2. The maximum Gasteiger partial charge on any atom is 0.166 e. The van der Waals surface area contributed by atoms with Crippen LogP contribution in [0.1, 0.15) is 27.2 Å². The van der Waals surface area contributed by atoms with Crippen molar-refractivity contribution in [1.82, 2.24) is 10.6 Å². The molecule has 0 aromatic carbocycles. The summed E-state index contributed by atoms with van der Waals surface area (Å²) in [5.74, 6) is 1.17. The molecule has 0 aromatic rings. The number of thiocarbonyl (C=S) groups is 1. The summed E-state index contributed by atoms with van der Waals surface area (Å²) in [5.41, 5.74) is 0. The van der Waals surface area contributed by atoms with Crippen LogP contribution in [0.4, 0.5) is 0 Å². The van der Waals surface area contributed by atoms with Crippen molar-refractivity contribution in [3.05, 3.63) is 0 Å². The van der Waals surface area contributed by atoms with Crippen molar-refractivity contribution >= 4 is 29.1 Å². The van der Waals surface area contributed by atoms with Crippen molar-refractivity contribution in [1.29, 1.82) is 0 Å². The Morgan fingerprint density at radius 3 is 2.69 bits per heavy atom. The summed E-state index contributed by atoms with van der Waals surface area (Å²) in [7, 11) is 0. The van der Waals surface area contributed by atoms with Crippen molar-refractivity contribution in [2.45, 2.75) is 38.0 Å². The smallest absolute Gasteiger partial charge is 0.166 e. The van der Waals surface area contributed by atoms with Crippen LogP contribution in [0.15, 0.2) is 0 Å². The number of thioether (sulfide) groups is 1. The lowest BCUT2D eigenvalue weighted by atomic mass is 10.0. The lowest BCUT2D eigenvalue weighted by molar-refractivity contribution is 0.497. The van der Waals surface area contributed by atoms with Gasteiger partial charge >= 0.3 is 0 Å². The van der Waals surface area contributed by atoms with Crippen LogP contribution < -0.4 is 10.6 Å². The maximum atomic E-state index is 5.17. The lowest BCUT2D eigenvalue weighted by Gasteiger charge is -2.44. The lowest BCUT2D eigenvalue weighted by Crippen LogP contribution is -2.58. The molecule has 1 aliphatic heterocycles. The first-order valence-electron chi connectivity index (χ1n) is 4.74.